The summed E-state index contributed by atoms with van der Waals surface area (Å²) in [5.74, 6) is 1.53. The van der Waals surface area contributed by atoms with Crippen LogP contribution in [0.15, 0.2) is 84.0 Å². The zero-order chi connectivity index (χ0) is 25.9. The van der Waals surface area contributed by atoms with Crippen molar-refractivity contribution in [3.63, 3.8) is 0 Å². The molecule has 0 aliphatic carbocycles. The van der Waals surface area contributed by atoms with E-state index in [0.29, 0.717) is 28.2 Å². The van der Waals surface area contributed by atoms with E-state index in [1.807, 2.05) is 37.4 Å². The highest BCUT2D eigenvalue weighted by Crippen LogP contribution is 2.27. The molecule has 0 radical (unpaired) electrons. The number of rotatable bonds is 11. The van der Waals surface area contributed by atoms with Gasteiger partial charge in [-0.2, -0.15) is 5.21 Å². The number of tetrazole rings is 1. The van der Waals surface area contributed by atoms with Crippen LogP contribution in [0, 0.1) is 0 Å². The lowest BCUT2D eigenvalue weighted by molar-refractivity contribution is 0.310. The molecule has 188 valence electrons. The third-order valence-electron chi connectivity index (χ3n) is 5.38. The molecule has 0 saturated heterocycles. The molecule has 3 aromatic carbocycles. The molecular weight excluding hydrogens is 507 g/mol. The lowest BCUT2D eigenvalue weighted by Crippen LogP contribution is -2.00. The Morgan fingerprint density at radius 3 is 2.46 bits per heavy atom. The smallest absolute Gasteiger partial charge is 0.174 e. The van der Waals surface area contributed by atoms with Gasteiger partial charge in [0.2, 0.25) is 0 Å². The van der Waals surface area contributed by atoms with Gasteiger partial charge in [0.05, 0.1) is 17.3 Å². The Bertz CT molecular complexity index is 1370. The number of ether oxygens (including phenoxy) is 1. The number of nitrogens with one attached hydrogen (secondary N) is 2. The molecule has 0 bridgehead atoms. The summed E-state index contributed by atoms with van der Waals surface area (Å²) in [5, 5.41) is 18.0. The van der Waals surface area contributed by atoms with Crippen molar-refractivity contribution in [3.8, 4) is 16.9 Å². The maximum Gasteiger partial charge on any atom is 0.174 e. The number of nitrogens with zero attached hydrogens (tertiary/aromatic N) is 4. The lowest BCUT2D eigenvalue weighted by atomic mass is 10.0. The van der Waals surface area contributed by atoms with Gasteiger partial charge in [-0.15, -0.1) is 10.2 Å². The van der Waals surface area contributed by atoms with Crippen molar-refractivity contribution in [2.45, 2.75) is 12.8 Å². The van der Waals surface area contributed by atoms with Crippen molar-refractivity contribution < 1.29 is 4.74 Å². The monoisotopic (exact) mass is 532 g/mol. The number of aliphatic imine (C=N–C) groups is 1. The van der Waals surface area contributed by atoms with Crippen LogP contribution in [0.1, 0.15) is 23.4 Å². The quantitative estimate of drug-likeness (QED) is 0.170. The number of aromatic amines is 1. The molecule has 0 aliphatic heterocycles. The minimum absolute atomic E-state index is 0.547. The van der Waals surface area contributed by atoms with Crippen LogP contribution in [0.25, 0.3) is 22.9 Å². The van der Waals surface area contributed by atoms with Gasteiger partial charge in [0, 0.05) is 36.5 Å². The molecular formula is C28H26Cl2N6O. The first-order valence-electron chi connectivity index (χ1n) is 11.7. The Kier molecular flexibility index (Phi) is 9.46. The largest absolute Gasteiger partial charge is 0.494 e. The average molecular weight is 533 g/mol. The molecule has 0 aliphatic rings. The van der Waals surface area contributed by atoms with E-state index in [2.05, 4.69) is 67.3 Å². The summed E-state index contributed by atoms with van der Waals surface area (Å²) in [6.07, 6.45) is 8.98. The van der Waals surface area contributed by atoms with Crippen LogP contribution in [-0.2, 0) is 6.42 Å². The van der Waals surface area contributed by atoms with Gasteiger partial charge in [0.1, 0.15) is 5.75 Å². The van der Waals surface area contributed by atoms with Crippen LogP contribution >= 0.6 is 23.2 Å². The molecule has 0 spiro atoms. The number of hydrogen-bond acceptors (Lipinski definition) is 6. The molecule has 4 rings (SSSR count). The normalized spacial score (nSPS) is 11.9. The van der Waals surface area contributed by atoms with Gasteiger partial charge in [-0.25, -0.2) is 0 Å². The minimum atomic E-state index is 0.547. The van der Waals surface area contributed by atoms with Crippen molar-refractivity contribution in [1.29, 1.82) is 0 Å². The molecule has 0 amide bonds. The number of allylic oxidation sites excluding steroid dienone is 1. The van der Waals surface area contributed by atoms with Gasteiger partial charge in [-0.05, 0) is 59.5 Å². The molecule has 9 heteroatoms. The summed E-state index contributed by atoms with van der Waals surface area (Å²) >= 11 is 12.3. The Hall–Kier alpha value is -3.94. The highest BCUT2D eigenvalue weighted by molar-refractivity contribution is 6.35. The second kappa shape index (κ2) is 13.4. The predicted octanol–water partition coefficient (Wildman–Crippen LogP) is 6.49. The van der Waals surface area contributed by atoms with Crippen molar-refractivity contribution in [2.75, 3.05) is 13.7 Å². The number of aromatic nitrogens is 4. The number of aryl methyl sites for hydroxylation is 1. The summed E-state index contributed by atoms with van der Waals surface area (Å²) < 4.78 is 5.81. The number of halogens is 2. The summed E-state index contributed by atoms with van der Waals surface area (Å²) in [7, 11) is 1.82. The summed E-state index contributed by atoms with van der Waals surface area (Å²) in [4.78, 5) is 4.54. The van der Waals surface area contributed by atoms with Crippen LogP contribution < -0.4 is 10.1 Å². The Morgan fingerprint density at radius 1 is 1.03 bits per heavy atom. The molecule has 0 fully saturated rings. The molecule has 0 unspecified atom stereocenters. The first-order chi connectivity index (χ1) is 18.1. The van der Waals surface area contributed by atoms with E-state index in [1.165, 1.54) is 0 Å². The van der Waals surface area contributed by atoms with Gasteiger partial charge in [0.25, 0.3) is 0 Å². The van der Waals surface area contributed by atoms with Crippen LogP contribution in [0.5, 0.6) is 5.75 Å². The van der Waals surface area contributed by atoms with E-state index in [0.717, 1.165) is 40.8 Å². The first kappa shape index (κ1) is 26.1. The SMILES string of the molecule is CN\C=C(/N=C\C=C\c1ccc(-c2ccc(OCCCc3nn[nH]n3)cc2)cc1)c1ccc(Cl)cc1Cl. The summed E-state index contributed by atoms with van der Waals surface area (Å²) in [6, 6.07) is 21.8. The van der Waals surface area contributed by atoms with Gasteiger partial charge in [-0.1, -0.05) is 70.9 Å². The molecule has 1 heterocycles. The fraction of sp³-hybridized carbons (Fsp3) is 0.143. The van der Waals surface area contributed by atoms with Gasteiger partial charge in [0.15, 0.2) is 5.82 Å². The molecule has 4 aromatic rings. The van der Waals surface area contributed by atoms with Crippen molar-refractivity contribution in [1.82, 2.24) is 25.9 Å². The standard InChI is InChI=1S/C28H26Cl2N6O/c1-31-19-27(25-15-12-23(29)18-26(25)30)32-16-2-4-20-6-8-21(9-7-20)22-10-13-24(14-11-22)37-17-3-5-28-33-35-36-34-28/h2,4,6-16,18-19,31H,3,5,17H2,1H3,(H,33,34,35,36)/b4-2+,27-19-,32-16-. The van der Waals surface area contributed by atoms with E-state index in [9.17, 15) is 0 Å². The maximum atomic E-state index is 6.33. The number of benzene rings is 3. The molecule has 2 N–H and O–H groups in total. The minimum Gasteiger partial charge on any atom is -0.494 e. The summed E-state index contributed by atoms with van der Waals surface area (Å²) in [5.41, 5.74) is 4.84. The summed E-state index contributed by atoms with van der Waals surface area (Å²) in [6.45, 7) is 0.594. The average Bonchev–Trinajstić information content (AvgIpc) is 3.43. The fourth-order valence-electron chi connectivity index (χ4n) is 3.53. The molecule has 0 saturated carbocycles. The highest BCUT2D eigenvalue weighted by atomic mass is 35.5. The van der Waals surface area contributed by atoms with E-state index < -0.39 is 0 Å². The molecule has 0 atom stereocenters. The van der Waals surface area contributed by atoms with Crippen LogP contribution in [0.2, 0.25) is 10.0 Å². The van der Waals surface area contributed by atoms with Crippen molar-refractivity contribution >= 4 is 41.2 Å². The van der Waals surface area contributed by atoms with Crippen LogP contribution in [-0.4, -0.2) is 40.5 Å². The molecule has 1 aromatic heterocycles. The van der Waals surface area contributed by atoms with Crippen LogP contribution in [0.4, 0.5) is 0 Å². The van der Waals surface area contributed by atoms with Crippen molar-refractivity contribution in [3.05, 3.63) is 106 Å². The number of H-pyrrole nitrogens is 1. The fourth-order valence-corrected chi connectivity index (χ4v) is 4.04. The third kappa shape index (κ3) is 7.77. The predicted molar refractivity (Wildman–Crippen MR) is 151 cm³/mol. The van der Waals surface area contributed by atoms with E-state index >= 15 is 0 Å². The maximum absolute atomic E-state index is 6.33. The second-order valence-electron chi connectivity index (χ2n) is 8.01. The molecule has 37 heavy (non-hydrogen) atoms. The highest BCUT2D eigenvalue weighted by Gasteiger charge is 2.06. The van der Waals surface area contributed by atoms with Gasteiger partial charge >= 0.3 is 0 Å². The third-order valence-corrected chi connectivity index (χ3v) is 5.93. The zero-order valence-electron chi connectivity index (χ0n) is 20.2. The van der Waals surface area contributed by atoms with E-state index in [4.69, 9.17) is 27.9 Å². The Labute approximate surface area is 225 Å². The van der Waals surface area contributed by atoms with Gasteiger partial charge in [-0.3, -0.25) is 4.99 Å². The lowest BCUT2D eigenvalue weighted by Gasteiger charge is -2.07. The van der Waals surface area contributed by atoms with E-state index in [-0.39, 0.29) is 0 Å². The van der Waals surface area contributed by atoms with Crippen molar-refractivity contribution in [2.24, 2.45) is 4.99 Å². The van der Waals surface area contributed by atoms with Gasteiger partial charge < -0.3 is 10.1 Å². The molecule has 7 nitrogen and oxygen atoms in total. The number of hydrogen-bond donors (Lipinski definition) is 2. The Morgan fingerprint density at radius 2 is 1.78 bits per heavy atom. The topological polar surface area (TPSA) is 88.1 Å². The van der Waals surface area contributed by atoms with E-state index in [1.54, 1.807) is 24.5 Å². The first-order valence-corrected chi connectivity index (χ1v) is 12.5. The second-order valence-corrected chi connectivity index (χ2v) is 8.85. The van der Waals surface area contributed by atoms with Crippen LogP contribution in [0.3, 0.4) is 0 Å². The Balaban J connectivity index is 1.31. The zero-order valence-corrected chi connectivity index (χ0v) is 21.7.